The summed E-state index contributed by atoms with van der Waals surface area (Å²) in [7, 11) is 3.48. The van der Waals surface area contributed by atoms with Crippen LogP contribution in [0.15, 0.2) is 41.4 Å². The Hall–Kier alpha value is -2.33. The first-order chi connectivity index (χ1) is 12.7. The Morgan fingerprint density at radius 2 is 2.07 bits per heavy atom. The van der Waals surface area contributed by atoms with Crippen molar-refractivity contribution in [1.29, 1.82) is 0 Å². The van der Waals surface area contributed by atoms with Gasteiger partial charge in [0.25, 0.3) is 0 Å². The average Bonchev–Trinajstić information content (AvgIpc) is 2.64. The number of carbonyl (C=O) groups excluding carboxylic acids is 1. The van der Waals surface area contributed by atoms with Crippen LogP contribution in [0, 0.1) is 0 Å². The first-order valence-corrected chi connectivity index (χ1v) is 9.40. The van der Waals surface area contributed by atoms with E-state index in [0.717, 1.165) is 12.0 Å². The molecule has 0 fully saturated rings. The molecule has 1 atom stereocenters. The summed E-state index contributed by atoms with van der Waals surface area (Å²) in [5, 5.41) is 0.665. The van der Waals surface area contributed by atoms with E-state index in [0.29, 0.717) is 22.2 Å². The number of esters is 1. The molecule has 142 valence electrons. The van der Waals surface area contributed by atoms with E-state index < -0.39 is 0 Å². The predicted molar refractivity (Wildman–Crippen MR) is 112 cm³/mol. The summed E-state index contributed by atoms with van der Waals surface area (Å²) in [6.07, 6.45) is 2.83. The van der Waals surface area contributed by atoms with Crippen molar-refractivity contribution in [3.63, 3.8) is 0 Å². The zero-order valence-corrected chi connectivity index (χ0v) is 17.2. The van der Waals surface area contributed by atoms with Crippen LogP contribution in [0.4, 0.5) is 11.4 Å². The van der Waals surface area contributed by atoms with Gasteiger partial charge in [-0.3, -0.25) is 4.99 Å². The fraction of sp³-hybridized carbons (Fsp3) is 0.364. The van der Waals surface area contributed by atoms with E-state index in [1.807, 2.05) is 12.1 Å². The average molecular weight is 385 g/mol. The monoisotopic (exact) mass is 384 g/mol. The topological polar surface area (TPSA) is 41.9 Å². The number of methoxy groups -OCH3 is 1. The van der Waals surface area contributed by atoms with E-state index in [1.165, 1.54) is 18.4 Å². The number of fused-ring (bicyclic) bond motifs is 1. The summed E-state index contributed by atoms with van der Waals surface area (Å²) in [6.45, 7) is 6.76. The lowest BCUT2D eigenvalue weighted by Gasteiger charge is -2.45. The maximum absolute atomic E-state index is 11.7. The Balaban J connectivity index is 1.94. The molecule has 0 N–H and O–H groups in total. The lowest BCUT2D eigenvalue weighted by Crippen LogP contribution is -2.45. The molecular weight excluding hydrogens is 360 g/mol. The number of nitrogens with zero attached hydrogens (tertiary/aromatic N) is 2. The second kappa shape index (κ2) is 7.35. The van der Waals surface area contributed by atoms with Gasteiger partial charge in [-0.1, -0.05) is 24.6 Å². The molecule has 0 saturated carbocycles. The van der Waals surface area contributed by atoms with Crippen LogP contribution in [-0.2, 0) is 4.74 Å². The minimum Gasteiger partial charge on any atom is -0.465 e. The first-order valence-electron chi connectivity index (χ1n) is 9.02. The molecule has 5 heteroatoms. The van der Waals surface area contributed by atoms with Gasteiger partial charge in [0.2, 0.25) is 0 Å². The van der Waals surface area contributed by atoms with Crippen LogP contribution in [-0.4, -0.2) is 31.9 Å². The van der Waals surface area contributed by atoms with Crippen LogP contribution in [0.5, 0.6) is 0 Å². The number of benzene rings is 2. The molecule has 1 aliphatic heterocycles. The largest absolute Gasteiger partial charge is 0.465 e. The highest BCUT2D eigenvalue weighted by molar-refractivity contribution is 6.33. The SMILES string of the molecule is COC(=O)c1cccc(N=Cc2cc3c(cc2Cl)N(C)C(C)(C)CC3C)c1. The molecule has 2 aromatic carbocycles. The third-order valence-electron chi connectivity index (χ3n) is 5.37. The molecule has 27 heavy (non-hydrogen) atoms. The molecule has 0 saturated heterocycles. The van der Waals surface area contributed by atoms with Gasteiger partial charge in [0.05, 0.1) is 23.4 Å². The summed E-state index contributed by atoms with van der Waals surface area (Å²) < 4.78 is 4.76. The van der Waals surface area contributed by atoms with E-state index in [9.17, 15) is 4.79 Å². The van der Waals surface area contributed by atoms with Crippen LogP contribution in [0.25, 0.3) is 0 Å². The summed E-state index contributed by atoms with van der Waals surface area (Å²) in [5.41, 5.74) is 4.58. The lowest BCUT2D eigenvalue weighted by molar-refractivity contribution is 0.0601. The lowest BCUT2D eigenvalue weighted by atomic mass is 9.80. The highest BCUT2D eigenvalue weighted by Gasteiger charge is 2.34. The quantitative estimate of drug-likeness (QED) is 0.511. The minimum atomic E-state index is -0.377. The summed E-state index contributed by atoms with van der Waals surface area (Å²) in [5.74, 6) is 0.0663. The van der Waals surface area contributed by atoms with Gasteiger partial charge >= 0.3 is 5.97 Å². The second-order valence-corrected chi connectivity index (χ2v) is 8.12. The molecule has 3 rings (SSSR count). The number of rotatable bonds is 3. The Bertz CT molecular complexity index is 905. The molecule has 1 heterocycles. The highest BCUT2D eigenvalue weighted by atomic mass is 35.5. The van der Waals surface area contributed by atoms with Gasteiger partial charge in [-0.05, 0) is 62.1 Å². The molecule has 1 aliphatic rings. The second-order valence-electron chi connectivity index (χ2n) is 7.71. The van der Waals surface area contributed by atoms with Crippen molar-refractivity contribution in [2.24, 2.45) is 4.99 Å². The molecule has 0 radical (unpaired) electrons. The number of aliphatic imine (C=N–C) groups is 1. The van der Waals surface area contributed by atoms with Gasteiger partial charge < -0.3 is 9.64 Å². The van der Waals surface area contributed by atoms with Gasteiger partial charge in [0.15, 0.2) is 0 Å². The summed E-state index contributed by atoms with van der Waals surface area (Å²) in [4.78, 5) is 18.5. The minimum absolute atomic E-state index is 0.0969. The van der Waals surface area contributed by atoms with Crippen LogP contribution in [0.1, 0.15) is 54.6 Å². The van der Waals surface area contributed by atoms with Crippen molar-refractivity contribution in [1.82, 2.24) is 0 Å². The molecule has 0 aliphatic carbocycles. The van der Waals surface area contributed by atoms with Gasteiger partial charge in [-0.25, -0.2) is 4.79 Å². The molecule has 1 unspecified atom stereocenters. The molecule has 0 amide bonds. The van der Waals surface area contributed by atoms with Crippen molar-refractivity contribution in [3.05, 3.63) is 58.1 Å². The van der Waals surface area contributed by atoms with E-state index in [1.54, 1.807) is 24.4 Å². The molecular formula is C22H25ClN2O2. The van der Waals surface area contributed by atoms with Crippen molar-refractivity contribution in [2.75, 3.05) is 19.1 Å². The molecule has 0 aromatic heterocycles. The van der Waals surface area contributed by atoms with Crippen LogP contribution >= 0.6 is 11.6 Å². The Morgan fingerprint density at radius 3 is 2.78 bits per heavy atom. The van der Waals surface area contributed by atoms with Crippen LogP contribution in [0.3, 0.4) is 0 Å². The normalized spacial score (nSPS) is 18.4. The van der Waals surface area contributed by atoms with Crippen molar-refractivity contribution < 1.29 is 9.53 Å². The number of ether oxygens (including phenoxy) is 1. The Kier molecular flexibility index (Phi) is 5.29. The highest BCUT2D eigenvalue weighted by Crippen LogP contribution is 2.44. The third kappa shape index (κ3) is 3.86. The van der Waals surface area contributed by atoms with Crippen LogP contribution in [0.2, 0.25) is 5.02 Å². The standard InChI is InChI=1S/C22H25ClN2O2/c1-14-12-22(2,3)25(4)20-11-19(23)16(10-18(14)20)13-24-17-8-6-7-15(9-17)21(26)27-5/h6-11,13-14H,12H2,1-5H3. The van der Waals surface area contributed by atoms with E-state index in [4.69, 9.17) is 16.3 Å². The summed E-state index contributed by atoms with van der Waals surface area (Å²) in [6, 6.07) is 11.2. The van der Waals surface area contributed by atoms with Gasteiger partial charge in [-0.15, -0.1) is 0 Å². The fourth-order valence-electron chi connectivity index (χ4n) is 3.68. The third-order valence-corrected chi connectivity index (χ3v) is 5.70. The van der Waals surface area contributed by atoms with E-state index in [2.05, 4.69) is 43.8 Å². The zero-order valence-electron chi connectivity index (χ0n) is 16.4. The Labute approximate surface area is 165 Å². The van der Waals surface area contributed by atoms with E-state index in [-0.39, 0.29) is 11.5 Å². The predicted octanol–water partition coefficient (Wildman–Crippen LogP) is 5.60. The number of anilines is 1. The molecule has 4 nitrogen and oxygen atoms in total. The van der Waals surface area contributed by atoms with Crippen molar-refractivity contribution >= 4 is 35.2 Å². The first kappa shape index (κ1) is 19.4. The molecule has 0 spiro atoms. The number of halogens is 1. The Morgan fingerprint density at radius 1 is 1.33 bits per heavy atom. The van der Waals surface area contributed by atoms with Gasteiger partial charge in [-0.2, -0.15) is 0 Å². The van der Waals surface area contributed by atoms with Gasteiger partial charge in [0.1, 0.15) is 0 Å². The van der Waals surface area contributed by atoms with E-state index >= 15 is 0 Å². The smallest absolute Gasteiger partial charge is 0.337 e. The maximum atomic E-state index is 11.7. The number of hydrogen-bond donors (Lipinski definition) is 0. The maximum Gasteiger partial charge on any atom is 0.337 e. The van der Waals surface area contributed by atoms with Crippen molar-refractivity contribution in [3.8, 4) is 0 Å². The van der Waals surface area contributed by atoms with Gasteiger partial charge in [0, 0.05) is 30.1 Å². The molecule has 2 aromatic rings. The molecule has 0 bridgehead atoms. The number of carbonyl (C=O) groups is 1. The fourth-order valence-corrected chi connectivity index (χ4v) is 3.89. The zero-order chi connectivity index (χ0) is 19.8. The van der Waals surface area contributed by atoms with Crippen LogP contribution < -0.4 is 4.90 Å². The van der Waals surface area contributed by atoms with Crippen molar-refractivity contribution in [2.45, 2.75) is 38.6 Å². The summed E-state index contributed by atoms with van der Waals surface area (Å²) >= 11 is 6.55. The number of hydrogen-bond acceptors (Lipinski definition) is 4.